The predicted molar refractivity (Wildman–Crippen MR) is 169 cm³/mol. The fourth-order valence-electron chi connectivity index (χ4n) is 6.54. The number of para-hydroxylation sites is 3. The molecule has 1 aliphatic heterocycles. The van der Waals surface area contributed by atoms with E-state index in [2.05, 4.69) is 132 Å². The summed E-state index contributed by atoms with van der Waals surface area (Å²) in [6.45, 7) is 0. The van der Waals surface area contributed by atoms with Gasteiger partial charge in [0.25, 0.3) is 0 Å². The molecular formula is C38H23N3. The number of rotatable bonds is 2. The first-order chi connectivity index (χ1) is 20.3. The van der Waals surface area contributed by atoms with Crippen molar-refractivity contribution in [3.8, 4) is 50.6 Å². The van der Waals surface area contributed by atoms with Crippen LogP contribution in [0.2, 0.25) is 0 Å². The summed E-state index contributed by atoms with van der Waals surface area (Å²) < 4.78 is 2.44. The van der Waals surface area contributed by atoms with E-state index in [1.54, 1.807) is 0 Å². The molecule has 3 heterocycles. The van der Waals surface area contributed by atoms with Gasteiger partial charge in [0.05, 0.1) is 27.9 Å². The lowest BCUT2D eigenvalue weighted by Gasteiger charge is -2.13. The Morgan fingerprint density at radius 2 is 1.12 bits per heavy atom. The summed E-state index contributed by atoms with van der Waals surface area (Å²) in [4.78, 5) is 10.2. The van der Waals surface area contributed by atoms with Gasteiger partial charge < -0.3 is 4.57 Å². The van der Waals surface area contributed by atoms with Gasteiger partial charge in [0.15, 0.2) is 5.82 Å². The maximum atomic E-state index is 5.16. The summed E-state index contributed by atoms with van der Waals surface area (Å²) in [5.41, 5.74) is 12.6. The molecule has 0 aliphatic carbocycles. The van der Waals surface area contributed by atoms with Gasteiger partial charge in [0.1, 0.15) is 0 Å². The first-order valence-electron chi connectivity index (χ1n) is 13.9. The molecular weight excluding hydrogens is 498 g/mol. The molecule has 0 fully saturated rings. The van der Waals surface area contributed by atoms with E-state index in [1.165, 1.54) is 44.2 Å². The Morgan fingerprint density at radius 3 is 2.00 bits per heavy atom. The minimum absolute atomic E-state index is 0.730. The Labute approximate surface area is 237 Å². The maximum Gasteiger partial charge on any atom is 0.160 e. The van der Waals surface area contributed by atoms with Crippen molar-refractivity contribution in [1.29, 1.82) is 0 Å². The molecule has 8 aromatic rings. The smallest absolute Gasteiger partial charge is 0.160 e. The molecule has 41 heavy (non-hydrogen) atoms. The molecule has 3 nitrogen and oxygen atoms in total. The number of hydrogen-bond donors (Lipinski definition) is 0. The monoisotopic (exact) mass is 521 g/mol. The fraction of sp³-hybridized carbons (Fsp3) is 0. The fourth-order valence-corrected chi connectivity index (χ4v) is 6.54. The Kier molecular flexibility index (Phi) is 4.61. The lowest BCUT2D eigenvalue weighted by atomic mass is 9.94. The number of nitrogens with zero attached hydrogens (tertiary/aromatic N) is 3. The first-order valence-corrected chi connectivity index (χ1v) is 13.9. The molecule has 190 valence electrons. The van der Waals surface area contributed by atoms with Crippen LogP contribution in [-0.2, 0) is 0 Å². The molecule has 9 rings (SSSR count). The summed E-state index contributed by atoms with van der Waals surface area (Å²) in [7, 11) is 0. The molecule has 0 N–H and O–H groups in total. The highest BCUT2D eigenvalue weighted by molar-refractivity contribution is 6.16. The van der Waals surface area contributed by atoms with Crippen LogP contribution in [0.4, 0.5) is 0 Å². The van der Waals surface area contributed by atoms with Crippen LogP contribution in [0.15, 0.2) is 140 Å². The third kappa shape index (κ3) is 3.20. The van der Waals surface area contributed by atoms with Crippen molar-refractivity contribution >= 4 is 32.7 Å². The Bertz CT molecular complexity index is 2310. The number of aromatic nitrogens is 3. The average molecular weight is 522 g/mol. The van der Waals surface area contributed by atoms with E-state index in [9.17, 15) is 0 Å². The van der Waals surface area contributed by atoms with E-state index in [0.717, 1.165) is 39.1 Å². The van der Waals surface area contributed by atoms with E-state index in [0.29, 0.717) is 0 Å². The molecule has 3 heteroatoms. The summed E-state index contributed by atoms with van der Waals surface area (Å²) in [5.74, 6) is 0.730. The third-order valence-corrected chi connectivity index (χ3v) is 8.35. The minimum atomic E-state index is 0.730. The third-order valence-electron chi connectivity index (χ3n) is 8.35. The van der Waals surface area contributed by atoms with Gasteiger partial charge in [-0.3, -0.25) is 0 Å². The largest absolute Gasteiger partial charge is 0.308 e. The maximum absolute atomic E-state index is 5.16. The molecule has 0 saturated heterocycles. The van der Waals surface area contributed by atoms with Gasteiger partial charge in [-0.15, -0.1) is 0 Å². The standard InChI is InChI=1S/C38H23N3/c1-2-11-24(12-3-1)36-32-16-6-8-19-33(32)39-38(40-36)25-21-22-29-31-18-10-17-30-27-14-5-4-13-26(27)28-15-7-9-20-34(28)41(37(30)31)35(29)23-25/h1-23H. The van der Waals surface area contributed by atoms with Crippen LogP contribution < -0.4 is 0 Å². The minimum Gasteiger partial charge on any atom is -0.308 e. The molecule has 1 aliphatic rings. The van der Waals surface area contributed by atoms with Crippen LogP contribution in [0.3, 0.4) is 0 Å². The highest BCUT2D eigenvalue weighted by atomic mass is 15.0. The van der Waals surface area contributed by atoms with Crippen molar-refractivity contribution in [2.75, 3.05) is 0 Å². The highest BCUT2D eigenvalue weighted by Gasteiger charge is 2.24. The normalized spacial score (nSPS) is 11.9. The summed E-state index contributed by atoms with van der Waals surface area (Å²) in [6.07, 6.45) is 0. The van der Waals surface area contributed by atoms with Crippen molar-refractivity contribution in [2.24, 2.45) is 0 Å². The molecule has 0 atom stereocenters. The van der Waals surface area contributed by atoms with Gasteiger partial charge in [0.2, 0.25) is 0 Å². The molecule has 6 aromatic carbocycles. The highest BCUT2D eigenvalue weighted by Crippen LogP contribution is 2.46. The zero-order valence-electron chi connectivity index (χ0n) is 22.1. The lowest BCUT2D eigenvalue weighted by Crippen LogP contribution is -1.97. The SMILES string of the molecule is c1ccc(-c2nc(-c3ccc4c5cccc6c5n(c4c3)-c3ccccc3-c3ccccc3-6)nc3ccccc23)cc1. The molecule has 0 amide bonds. The molecule has 0 saturated carbocycles. The second kappa shape index (κ2) is 8.48. The topological polar surface area (TPSA) is 30.7 Å². The zero-order chi connectivity index (χ0) is 26.9. The van der Waals surface area contributed by atoms with E-state index in [-0.39, 0.29) is 0 Å². The Morgan fingerprint density at radius 1 is 0.439 bits per heavy atom. The Hall–Kier alpha value is -5.54. The number of fused-ring (bicyclic) bond motifs is 9. The van der Waals surface area contributed by atoms with E-state index >= 15 is 0 Å². The van der Waals surface area contributed by atoms with Crippen LogP contribution in [0.1, 0.15) is 0 Å². The van der Waals surface area contributed by atoms with Crippen LogP contribution in [-0.4, -0.2) is 14.5 Å². The molecule has 0 unspecified atom stereocenters. The molecule has 2 aromatic heterocycles. The summed E-state index contributed by atoms with van der Waals surface area (Å²) in [5, 5.41) is 3.53. The summed E-state index contributed by atoms with van der Waals surface area (Å²) in [6, 6.07) is 49.5. The van der Waals surface area contributed by atoms with Crippen molar-refractivity contribution < 1.29 is 0 Å². The molecule has 0 radical (unpaired) electrons. The Balaban J connectivity index is 1.37. The number of benzene rings is 6. The van der Waals surface area contributed by atoms with Crippen LogP contribution in [0.25, 0.3) is 83.3 Å². The average Bonchev–Trinajstić information content (AvgIpc) is 3.31. The van der Waals surface area contributed by atoms with Crippen molar-refractivity contribution in [3.05, 3.63) is 140 Å². The van der Waals surface area contributed by atoms with Crippen molar-refractivity contribution in [1.82, 2.24) is 14.5 Å². The van der Waals surface area contributed by atoms with Crippen LogP contribution in [0.5, 0.6) is 0 Å². The predicted octanol–water partition coefficient (Wildman–Crippen LogP) is 9.71. The van der Waals surface area contributed by atoms with Gasteiger partial charge in [-0.25, -0.2) is 9.97 Å². The first kappa shape index (κ1) is 22.3. The van der Waals surface area contributed by atoms with Gasteiger partial charge in [-0.1, -0.05) is 121 Å². The molecule has 0 bridgehead atoms. The molecule has 0 spiro atoms. The lowest BCUT2D eigenvalue weighted by molar-refractivity contribution is 1.18. The van der Waals surface area contributed by atoms with E-state index in [1.807, 2.05) is 12.1 Å². The van der Waals surface area contributed by atoms with Crippen molar-refractivity contribution in [3.63, 3.8) is 0 Å². The van der Waals surface area contributed by atoms with Gasteiger partial charge >= 0.3 is 0 Å². The second-order valence-electron chi connectivity index (χ2n) is 10.6. The summed E-state index contributed by atoms with van der Waals surface area (Å²) >= 11 is 0. The zero-order valence-corrected chi connectivity index (χ0v) is 22.1. The van der Waals surface area contributed by atoms with Gasteiger partial charge in [-0.05, 0) is 29.3 Å². The van der Waals surface area contributed by atoms with Crippen LogP contribution >= 0.6 is 0 Å². The van der Waals surface area contributed by atoms with E-state index < -0.39 is 0 Å². The quantitative estimate of drug-likeness (QED) is 0.227. The van der Waals surface area contributed by atoms with Gasteiger partial charge in [0, 0.05) is 38.4 Å². The van der Waals surface area contributed by atoms with Gasteiger partial charge in [-0.2, -0.15) is 0 Å². The van der Waals surface area contributed by atoms with Crippen molar-refractivity contribution in [2.45, 2.75) is 0 Å². The van der Waals surface area contributed by atoms with E-state index in [4.69, 9.17) is 9.97 Å². The number of hydrogen-bond acceptors (Lipinski definition) is 2. The second-order valence-corrected chi connectivity index (χ2v) is 10.6. The van der Waals surface area contributed by atoms with Crippen LogP contribution in [0, 0.1) is 0 Å².